The van der Waals surface area contributed by atoms with E-state index >= 15 is 0 Å². The molecular formula is C23H33O3Si. The Morgan fingerprint density at radius 3 is 2.11 bits per heavy atom. The molecule has 0 spiro atoms. The lowest BCUT2D eigenvalue weighted by molar-refractivity contribution is 0.129. The second kappa shape index (κ2) is 10.6. The van der Waals surface area contributed by atoms with Crippen LogP contribution in [-0.4, -0.2) is 26.6 Å². The van der Waals surface area contributed by atoms with E-state index in [0.717, 1.165) is 25.3 Å². The highest BCUT2D eigenvalue weighted by atomic mass is 28.3. The van der Waals surface area contributed by atoms with Crippen molar-refractivity contribution in [2.75, 3.05) is 0 Å². The molecule has 0 saturated carbocycles. The summed E-state index contributed by atoms with van der Waals surface area (Å²) < 4.78 is 12.0. The van der Waals surface area contributed by atoms with Gasteiger partial charge in [-0.25, -0.2) is 0 Å². The maximum Gasteiger partial charge on any atom is 0.385 e. The van der Waals surface area contributed by atoms with E-state index in [9.17, 15) is 5.11 Å². The summed E-state index contributed by atoms with van der Waals surface area (Å²) in [5.74, 6) is 0.321. The number of aromatic hydroxyl groups is 1. The Morgan fingerprint density at radius 2 is 1.56 bits per heavy atom. The molecule has 0 atom stereocenters. The van der Waals surface area contributed by atoms with Crippen LogP contribution in [0.5, 0.6) is 5.75 Å². The largest absolute Gasteiger partial charge is 0.508 e. The molecule has 0 bridgehead atoms. The Bertz CT molecular complexity index is 685. The van der Waals surface area contributed by atoms with E-state index in [2.05, 4.69) is 58.9 Å². The van der Waals surface area contributed by atoms with Crippen molar-refractivity contribution in [2.24, 2.45) is 0 Å². The number of hydrogen-bond donors (Lipinski definition) is 1. The van der Waals surface area contributed by atoms with Crippen LogP contribution in [0.3, 0.4) is 0 Å². The second-order valence-electron chi connectivity index (χ2n) is 7.45. The fourth-order valence-corrected chi connectivity index (χ4v) is 4.89. The van der Waals surface area contributed by atoms with Gasteiger partial charge < -0.3 is 14.0 Å². The van der Waals surface area contributed by atoms with Gasteiger partial charge in [0.25, 0.3) is 0 Å². The molecule has 3 nitrogen and oxygen atoms in total. The van der Waals surface area contributed by atoms with Gasteiger partial charge in [-0.05, 0) is 87.4 Å². The smallest absolute Gasteiger partial charge is 0.385 e. The molecule has 4 heteroatoms. The van der Waals surface area contributed by atoms with E-state index in [-0.39, 0.29) is 12.2 Å². The molecule has 0 aliphatic carbocycles. The summed E-state index contributed by atoms with van der Waals surface area (Å²) in [5.41, 5.74) is 4.90. The summed E-state index contributed by atoms with van der Waals surface area (Å²) >= 11 is 0. The SMILES string of the molecule is CCc1ccc(-c2ccc(O)cc2CCC[Si](OC(C)C)OC(C)C)cc1. The number of phenolic OH excluding ortho intramolecular Hbond substituents is 1. The molecule has 147 valence electrons. The highest BCUT2D eigenvalue weighted by Crippen LogP contribution is 2.29. The first-order valence-electron chi connectivity index (χ1n) is 9.99. The second-order valence-corrected chi connectivity index (χ2v) is 9.17. The van der Waals surface area contributed by atoms with E-state index in [1.807, 2.05) is 12.1 Å². The van der Waals surface area contributed by atoms with Gasteiger partial charge in [0.2, 0.25) is 0 Å². The number of aryl methyl sites for hydroxylation is 2. The standard InChI is InChI=1S/C23H33O3Si/c1-6-19-9-11-20(12-10-19)23-14-13-22(24)16-21(23)8-7-15-27(25-17(2)3)26-18(4)5/h9-14,16-18,24H,6-8,15H2,1-5H3. The fraction of sp³-hybridized carbons (Fsp3) is 0.478. The molecule has 0 heterocycles. The molecular weight excluding hydrogens is 352 g/mol. The van der Waals surface area contributed by atoms with Gasteiger partial charge in [-0.15, -0.1) is 0 Å². The zero-order valence-electron chi connectivity index (χ0n) is 17.3. The summed E-state index contributed by atoms with van der Waals surface area (Å²) in [7, 11) is -1.27. The molecule has 27 heavy (non-hydrogen) atoms. The van der Waals surface area contributed by atoms with Crippen molar-refractivity contribution < 1.29 is 14.0 Å². The Kier molecular flexibility index (Phi) is 8.54. The van der Waals surface area contributed by atoms with Crippen LogP contribution in [0.25, 0.3) is 11.1 Å². The number of rotatable bonds is 10. The van der Waals surface area contributed by atoms with Gasteiger partial charge in [-0.1, -0.05) is 37.3 Å². The predicted molar refractivity (Wildman–Crippen MR) is 114 cm³/mol. The van der Waals surface area contributed by atoms with Gasteiger partial charge >= 0.3 is 9.28 Å². The minimum atomic E-state index is -1.27. The highest BCUT2D eigenvalue weighted by Gasteiger charge is 2.19. The van der Waals surface area contributed by atoms with Gasteiger partial charge in [-0.3, -0.25) is 0 Å². The molecule has 0 unspecified atom stereocenters. The molecule has 1 N–H and O–H groups in total. The third-order valence-electron chi connectivity index (χ3n) is 4.32. The van der Waals surface area contributed by atoms with Gasteiger partial charge in [0.05, 0.1) is 0 Å². The third kappa shape index (κ3) is 7.13. The Labute approximate surface area is 166 Å². The zero-order valence-corrected chi connectivity index (χ0v) is 18.3. The van der Waals surface area contributed by atoms with Gasteiger partial charge in [0.15, 0.2) is 0 Å². The van der Waals surface area contributed by atoms with Crippen molar-refractivity contribution in [2.45, 2.75) is 72.1 Å². The Morgan fingerprint density at radius 1 is 0.926 bits per heavy atom. The van der Waals surface area contributed by atoms with E-state index in [1.54, 1.807) is 6.07 Å². The van der Waals surface area contributed by atoms with Crippen LogP contribution in [0.4, 0.5) is 0 Å². The van der Waals surface area contributed by atoms with Crippen molar-refractivity contribution >= 4 is 9.28 Å². The number of hydrogen-bond acceptors (Lipinski definition) is 3. The van der Waals surface area contributed by atoms with Crippen molar-refractivity contribution in [3.05, 3.63) is 53.6 Å². The van der Waals surface area contributed by atoms with E-state index in [1.165, 1.54) is 22.3 Å². The van der Waals surface area contributed by atoms with Crippen LogP contribution in [-0.2, 0) is 21.7 Å². The average molecular weight is 386 g/mol. The first-order chi connectivity index (χ1) is 12.9. The monoisotopic (exact) mass is 385 g/mol. The summed E-state index contributed by atoms with van der Waals surface area (Å²) in [6.07, 6.45) is 3.30. The van der Waals surface area contributed by atoms with Gasteiger partial charge in [0, 0.05) is 12.2 Å². The molecule has 0 aliphatic rings. The summed E-state index contributed by atoms with van der Waals surface area (Å²) in [4.78, 5) is 0. The van der Waals surface area contributed by atoms with Crippen LogP contribution in [0.15, 0.2) is 42.5 Å². The maximum absolute atomic E-state index is 9.97. The first-order valence-corrected chi connectivity index (χ1v) is 11.5. The van der Waals surface area contributed by atoms with E-state index in [4.69, 9.17) is 8.85 Å². The van der Waals surface area contributed by atoms with E-state index in [0.29, 0.717) is 5.75 Å². The molecule has 2 aromatic carbocycles. The predicted octanol–water partition coefficient (Wildman–Crippen LogP) is 5.89. The summed E-state index contributed by atoms with van der Waals surface area (Å²) in [6.45, 7) is 10.4. The molecule has 0 fully saturated rings. The van der Waals surface area contributed by atoms with Crippen LogP contribution in [0.2, 0.25) is 6.04 Å². The topological polar surface area (TPSA) is 38.7 Å². The minimum Gasteiger partial charge on any atom is -0.508 e. The lowest BCUT2D eigenvalue weighted by Crippen LogP contribution is -2.29. The fourth-order valence-electron chi connectivity index (χ4n) is 3.08. The molecule has 0 aliphatic heterocycles. The average Bonchev–Trinajstić information content (AvgIpc) is 2.61. The van der Waals surface area contributed by atoms with Crippen LogP contribution >= 0.6 is 0 Å². The number of phenols is 1. The summed E-state index contributed by atoms with van der Waals surface area (Å²) in [5, 5.41) is 9.97. The molecule has 1 radical (unpaired) electrons. The zero-order chi connectivity index (χ0) is 19.8. The Hall–Kier alpha value is -1.62. The van der Waals surface area contributed by atoms with E-state index < -0.39 is 9.28 Å². The highest BCUT2D eigenvalue weighted by molar-refractivity contribution is 6.44. The Balaban J connectivity index is 2.09. The number of benzene rings is 2. The van der Waals surface area contributed by atoms with Gasteiger partial charge in [0.1, 0.15) is 5.75 Å². The quantitative estimate of drug-likeness (QED) is 0.518. The molecule has 0 aromatic heterocycles. The van der Waals surface area contributed by atoms with Crippen molar-refractivity contribution in [1.82, 2.24) is 0 Å². The van der Waals surface area contributed by atoms with Crippen LogP contribution in [0.1, 0.15) is 52.2 Å². The minimum absolute atomic E-state index is 0.186. The normalized spacial score (nSPS) is 11.7. The van der Waals surface area contributed by atoms with Crippen molar-refractivity contribution in [3.63, 3.8) is 0 Å². The first kappa shape index (κ1) is 21.7. The maximum atomic E-state index is 9.97. The van der Waals surface area contributed by atoms with Crippen molar-refractivity contribution in [1.29, 1.82) is 0 Å². The van der Waals surface area contributed by atoms with Crippen LogP contribution in [0, 0.1) is 0 Å². The third-order valence-corrected chi connectivity index (χ3v) is 6.55. The lowest BCUT2D eigenvalue weighted by atomic mass is 9.95. The lowest BCUT2D eigenvalue weighted by Gasteiger charge is -2.20. The molecule has 0 saturated heterocycles. The summed E-state index contributed by atoms with van der Waals surface area (Å²) in [6, 6.07) is 15.3. The van der Waals surface area contributed by atoms with Crippen LogP contribution < -0.4 is 0 Å². The van der Waals surface area contributed by atoms with Crippen molar-refractivity contribution in [3.8, 4) is 16.9 Å². The molecule has 2 aromatic rings. The van der Waals surface area contributed by atoms with Gasteiger partial charge in [-0.2, -0.15) is 0 Å². The molecule has 0 amide bonds. The molecule has 2 rings (SSSR count).